The molecule has 0 radical (unpaired) electrons. The van der Waals surface area contributed by atoms with Gasteiger partial charge in [-0.25, -0.2) is 4.39 Å². The first kappa shape index (κ1) is 12.1. The zero-order valence-corrected chi connectivity index (χ0v) is 10.5. The van der Waals surface area contributed by atoms with E-state index in [4.69, 9.17) is 11.6 Å². The molecule has 0 fully saturated rings. The van der Waals surface area contributed by atoms with Gasteiger partial charge in [0.2, 0.25) is 0 Å². The predicted molar refractivity (Wildman–Crippen MR) is 64.1 cm³/mol. The van der Waals surface area contributed by atoms with E-state index in [1.807, 2.05) is 0 Å². The molecule has 88 valence electrons. The molecule has 1 heterocycles. The van der Waals surface area contributed by atoms with Gasteiger partial charge in [-0.3, -0.25) is 4.79 Å². The summed E-state index contributed by atoms with van der Waals surface area (Å²) in [6, 6.07) is 3.97. The van der Waals surface area contributed by atoms with Crippen molar-refractivity contribution in [3.05, 3.63) is 45.2 Å². The molecule has 0 aliphatic rings. The molecule has 0 N–H and O–H groups in total. The minimum Gasteiger partial charge on any atom is -0.293 e. The molecule has 0 amide bonds. The number of halogens is 2. The summed E-state index contributed by atoms with van der Waals surface area (Å²) in [5, 5.41) is 4.14. The van der Waals surface area contributed by atoms with Crippen molar-refractivity contribution in [1.29, 1.82) is 0 Å². The van der Waals surface area contributed by atoms with Crippen LogP contribution in [0.5, 0.6) is 0 Å². The van der Waals surface area contributed by atoms with Gasteiger partial charge in [-0.2, -0.15) is 0 Å². The zero-order valence-electron chi connectivity index (χ0n) is 8.91. The fourth-order valence-corrected chi connectivity index (χ4v) is 2.19. The number of hydrogen-bond donors (Lipinski definition) is 0. The maximum Gasteiger partial charge on any atom is 0.180 e. The second kappa shape index (κ2) is 4.89. The molecule has 6 heteroatoms. The van der Waals surface area contributed by atoms with E-state index in [1.165, 1.54) is 18.2 Å². The second-order valence-electron chi connectivity index (χ2n) is 3.52. The molecule has 0 saturated heterocycles. The largest absolute Gasteiger partial charge is 0.293 e. The van der Waals surface area contributed by atoms with Crippen LogP contribution in [0.3, 0.4) is 0 Å². The molecule has 1 aromatic heterocycles. The van der Waals surface area contributed by atoms with E-state index in [-0.39, 0.29) is 12.2 Å². The molecule has 0 aliphatic carbocycles. The molecule has 2 aromatic rings. The van der Waals surface area contributed by atoms with Gasteiger partial charge in [-0.05, 0) is 42.2 Å². The quantitative estimate of drug-likeness (QED) is 0.805. The maximum atomic E-state index is 13.0. The third kappa shape index (κ3) is 2.68. The van der Waals surface area contributed by atoms with Crippen molar-refractivity contribution in [2.75, 3.05) is 0 Å². The summed E-state index contributed by atoms with van der Waals surface area (Å²) in [4.78, 5) is 12.4. The van der Waals surface area contributed by atoms with Gasteiger partial charge in [-0.1, -0.05) is 16.1 Å². The predicted octanol–water partition coefficient (Wildman–Crippen LogP) is 3.06. The Bertz CT molecular complexity index is 570. The third-order valence-electron chi connectivity index (χ3n) is 2.26. The van der Waals surface area contributed by atoms with E-state index in [9.17, 15) is 9.18 Å². The van der Waals surface area contributed by atoms with Crippen molar-refractivity contribution in [3.63, 3.8) is 0 Å². The number of carbonyl (C=O) groups excluding carboxylic acids is 1. The molecular weight excluding hydrogens is 263 g/mol. The number of nitrogens with zero attached hydrogens (tertiary/aromatic N) is 2. The lowest BCUT2D eigenvalue weighted by molar-refractivity contribution is 0.0996. The number of benzene rings is 1. The second-order valence-corrected chi connectivity index (χ2v) is 4.68. The van der Waals surface area contributed by atoms with Gasteiger partial charge in [0.1, 0.15) is 10.7 Å². The standard InChI is InChI=1S/C11H8ClFN2OS/c1-6-11(17-15-14-6)10(16)5-7-4-8(13)2-3-9(7)12/h2-4H,5H2,1H3. The summed E-state index contributed by atoms with van der Waals surface area (Å²) >= 11 is 6.93. The molecule has 2 rings (SSSR count). The average Bonchev–Trinajstić information content (AvgIpc) is 2.70. The molecule has 0 atom stereocenters. The van der Waals surface area contributed by atoms with Crippen LogP contribution in [0.15, 0.2) is 18.2 Å². The molecule has 0 aliphatic heterocycles. The van der Waals surface area contributed by atoms with Crippen LogP contribution in [0.4, 0.5) is 4.39 Å². The number of hydrogen-bond acceptors (Lipinski definition) is 4. The van der Waals surface area contributed by atoms with Crippen LogP contribution in [0, 0.1) is 12.7 Å². The summed E-state index contributed by atoms with van der Waals surface area (Å²) in [5.74, 6) is -0.554. The SMILES string of the molecule is Cc1nnsc1C(=O)Cc1cc(F)ccc1Cl. The van der Waals surface area contributed by atoms with Crippen LogP contribution < -0.4 is 0 Å². The van der Waals surface area contributed by atoms with Crippen molar-refractivity contribution in [2.45, 2.75) is 13.3 Å². The number of Topliss-reactive ketones (excluding diaryl/α,β-unsaturated/α-hetero) is 1. The van der Waals surface area contributed by atoms with Crippen LogP contribution in [-0.2, 0) is 6.42 Å². The Kier molecular flexibility index (Phi) is 3.49. The molecule has 1 aromatic carbocycles. The summed E-state index contributed by atoms with van der Waals surface area (Å²) in [6.45, 7) is 1.71. The fraction of sp³-hybridized carbons (Fsp3) is 0.182. The normalized spacial score (nSPS) is 10.5. The van der Waals surface area contributed by atoms with E-state index in [0.717, 1.165) is 11.5 Å². The highest BCUT2D eigenvalue weighted by Crippen LogP contribution is 2.20. The van der Waals surface area contributed by atoms with Crippen molar-refractivity contribution >= 4 is 28.9 Å². The van der Waals surface area contributed by atoms with E-state index < -0.39 is 5.82 Å². The highest BCUT2D eigenvalue weighted by Gasteiger charge is 2.15. The molecule has 0 spiro atoms. The Hall–Kier alpha value is -1.33. The molecule has 0 saturated carbocycles. The highest BCUT2D eigenvalue weighted by molar-refractivity contribution is 7.08. The minimum atomic E-state index is -0.406. The summed E-state index contributed by atoms with van der Waals surface area (Å²) in [5.41, 5.74) is 1.07. The van der Waals surface area contributed by atoms with Crippen molar-refractivity contribution in [3.8, 4) is 0 Å². The lowest BCUT2D eigenvalue weighted by Gasteiger charge is -2.02. The Balaban J connectivity index is 2.24. The van der Waals surface area contributed by atoms with Crippen LogP contribution >= 0.6 is 23.1 Å². The van der Waals surface area contributed by atoms with Crippen LogP contribution in [0.2, 0.25) is 5.02 Å². The Labute approximate surface area is 106 Å². The van der Waals surface area contributed by atoms with E-state index in [2.05, 4.69) is 9.59 Å². The third-order valence-corrected chi connectivity index (χ3v) is 3.50. The first-order valence-corrected chi connectivity index (χ1v) is 5.99. The van der Waals surface area contributed by atoms with Gasteiger partial charge in [0.05, 0.1) is 5.69 Å². The molecule has 0 unspecified atom stereocenters. The van der Waals surface area contributed by atoms with E-state index in [1.54, 1.807) is 6.92 Å². The van der Waals surface area contributed by atoms with Crippen LogP contribution in [-0.4, -0.2) is 15.4 Å². The van der Waals surface area contributed by atoms with E-state index >= 15 is 0 Å². The van der Waals surface area contributed by atoms with Crippen LogP contribution in [0.25, 0.3) is 0 Å². The summed E-state index contributed by atoms with van der Waals surface area (Å²) in [7, 11) is 0. The maximum absolute atomic E-state index is 13.0. The Morgan fingerprint density at radius 3 is 2.94 bits per heavy atom. The molecule has 17 heavy (non-hydrogen) atoms. The van der Waals surface area contributed by atoms with Gasteiger partial charge in [0, 0.05) is 11.4 Å². The first-order chi connectivity index (χ1) is 8.08. The topological polar surface area (TPSA) is 42.9 Å². The van der Waals surface area contributed by atoms with Gasteiger partial charge in [0.25, 0.3) is 0 Å². The molecule has 0 bridgehead atoms. The number of rotatable bonds is 3. The summed E-state index contributed by atoms with van der Waals surface area (Å²) in [6.07, 6.45) is 0.0569. The summed E-state index contributed by atoms with van der Waals surface area (Å²) < 4.78 is 16.7. The average molecular weight is 271 g/mol. The lowest BCUT2D eigenvalue weighted by atomic mass is 10.1. The van der Waals surface area contributed by atoms with Gasteiger partial charge in [0.15, 0.2) is 5.78 Å². The number of carbonyl (C=O) groups is 1. The van der Waals surface area contributed by atoms with Gasteiger partial charge >= 0.3 is 0 Å². The number of aromatic nitrogens is 2. The van der Waals surface area contributed by atoms with Gasteiger partial charge in [-0.15, -0.1) is 5.10 Å². The monoisotopic (exact) mass is 270 g/mol. The Morgan fingerprint density at radius 1 is 1.53 bits per heavy atom. The molecule has 3 nitrogen and oxygen atoms in total. The van der Waals surface area contributed by atoms with Crippen molar-refractivity contribution in [1.82, 2.24) is 9.59 Å². The highest BCUT2D eigenvalue weighted by atomic mass is 35.5. The smallest absolute Gasteiger partial charge is 0.180 e. The molecular formula is C11H8ClFN2OS. The number of aryl methyl sites for hydroxylation is 1. The number of ketones is 1. The minimum absolute atomic E-state index is 0.0569. The lowest BCUT2D eigenvalue weighted by Crippen LogP contribution is -2.04. The Morgan fingerprint density at radius 2 is 2.29 bits per heavy atom. The zero-order chi connectivity index (χ0) is 12.4. The van der Waals surface area contributed by atoms with Crippen LogP contribution in [0.1, 0.15) is 20.9 Å². The van der Waals surface area contributed by atoms with Crippen molar-refractivity contribution < 1.29 is 9.18 Å². The first-order valence-electron chi connectivity index (χ1n) is 4.84. The fourth-order valence-electron chi connectivity index (χ4n) is 1.42. The van der Waals surface area contributed by atoms with Crippen molar-refractivity contribution in [2.24, 2.45) is 0 Å². The van der Waals surface area contributed by atoms with Gasteiger partial charge < -0.3 is 0 Å². The van der Waals surface area contributed by atoms with E-state index in [0.29, 0.717) is 21.2 Å².